The Morgan fingerprint density at radius 1 is 1.20 bits per heavy atom. The first kappa shape index (κ1) is 13.7. The van der Waals surface area contributed by atoms with Crippen LogP contribution in [0.25, 0.3) is 0 Å². The number of aryl methyl sites for hydroxylation is 1. The topological polar surface area (TPSA) is 67.5 Å². The van der Waals surface area contributed by atoms with Crippen molar-refractivity contribution in [3.63, 3.8) is 0 Å². The lowest BCUT2D eigenvalue weighted by Gasteiger charge is -2.04. The second-order valence-corrected chi connectivity index (χ2v) is 4.48. The number of nitrogens with zero attached hydrogens (tertiary/aromatic N) is 2. The van der Waals surface area contributed by atoms with E-state index in [-0.39, 0.29) is 5.69 Å². The second kappa shape index (κ2) is 5.97. The van der Waals surface area contributed by atoms with Crippen LogP contribution in [-0.4, -0.2) is 10.6 Å². The second-order valence-electron chi connectivity index (χ2n) is 4.48. The molecule has 0 radical (unpaired) electrons. The van der Waals surface area contributed by atoms with Gasteiger partial charge < -0.3 is 0 Å². The molecule has 0 spiro atoms. The van der Waals surface area contributed by atoms with Gasteiger partial charge in [-0.15, -0.1) is 0 Å². The van der Waals surface area contributed by atoms with E-state index in [1.165, 1.54) is 17.7 Å². The molecule has 2 aromatic carbocycles. The van der Waals surface area contributed by atoms with Crippen LogP contribution in [0.2, 0.25) is 0 Å². The molecule has 102 valence electrons. The number of nitro groups is 1. The van der Waals surface area contributed by atoms with E-state index in [1.54, 1.807) is 12.1 Å². The van der Waals surface area contributed by atoms with Gasteiger partial charge in [0.2, 0.25) is 0 Å². The molecule has 0 aliphatic rings. The standard InChI is InChI=1S/C15H15N3O2/c1-11-4-3-5-13(10-11)12(2)16-17-14-6-8-15(9-7-14)18(19)20/h3-10,17H,1-2H3. The number of nitrogens with one attached hydrogen (secondary N) is 1. The van der Waals surface area contributed by atoms with E-state index in [0.29, 0.717) is 5.69 Å². The smallest absolute Gasteiger partial charge is 0.269 e. The molecule has 0 saturated heterocycles. The SMILES string of the molecule is CC(=NNc1ccc([N+](=O)[O-])cc1)c1cccc(C)c1. The number of rotatable bonds is 4. The summed E-state index contributed by atoms with van der Waals surface area (Å²) in [5.74, 6) is 0. The number of hydrogen-bond acceptors (Lipinski definition) is 4. The zero-order valence-electron chi connectivity index (χ0n) is 11.3. The Bertz CT molecular complexity index is 648. The normalized spacial score (nSPS) is 11.2. The minimum atomic E-state index is -0.426. The maximum Gasteiger partial charge on any atom is 0.269 e. The summed E-state index contributed by atoms with van der Waals surface area (Å²) in [5, 5.41) is 14.8. The maximum absolute atomic E-state index is 10.6. The molecule has 0 fully saturated rings. The van der Waals surface area contributed by atoms with Crippen LogP contribution in [0.15, 0.2) is 53.6 Å². The van der Waals surface area contributed by atoms with Gasteiger partial charge in [-0.1, -0.05) is 29.8 Å². The Balaban J connectivity index is 2.10. The largest absolute Gasteiger partial charge is 0.278 e. The maximum atomic E-state index is 10.6. The van der Waals surface area contributed by atoms with Crippen molar-refractivity contribution in [3.8, 4) is 0 Å². The highest BCUT2D eigenvalue weighted by atomic mass is 16.6. The molecule has 1 N–H and O–H groups in total. The zero-order chi connectivity index (χ0) is 14.5. The fourth-order valence-corrected chi connectivity index (χ4v) is 1.74. The third-order valence-electron chi connectivity index (χ3n) is 2.87. The minimum absolute atomic E-state index is 0.0648. The molecule has 0 unspecified atom stereocenters. The fourth-order valence-electron chi connectivity index (χ4n) is 1.74. The lowest BCUT2D eigenvalue weighted by atomic mass is 10.1. The van der Waals surface area contributed by atoms with E-state index in [1.807, 2.05) is 32.0 Å². The summed E-state index contributed by atoms with van der Waals surface area (Å²) in [5.41, 5.74) is 6.74. The van der Waals surface area contributed by atoms with Crippen LogP contribution in [0.5, 0.6) is 0 Å². The van der Waals surface area contributed by atoms with Crippen LogP contribution in [0.4, 0.5) is 11.4 Å². The van der Waals surface area contributed by atoms with Gasteiger partial charge >= 0.3 is 0 Å². The molecular weight excluding hydrogens is 254 g/mol. The first-order valence-corrected chi connectivity index (χ1v) is 6.18. The van der Waals surface area contributed by atoms with E-state index in [0.717, 1.165) is 11.3 Å². The number of anilines is 1. The average Bonchev–Trinajstić information content (AvgIpc) is 2.45. The van der Waals surface area contributed by atoms with Gasteiger partial charge in [0.15, 0.2) is 0 Å². The molecule has 0 aliphatic carbocycles. The zero-order valence-corrected chi connectivity index (χ0v) is 11.3. The Kier molecular flexibility index (Phi) is 4.10. The molecule has 5 nitrogen and oxygen atoms in total. The Hall–Kier alpha value is -2.69. The van der Waals surface area contributed by atoms with E-state index in [2.05, 4.69) is 16.6 Å². The highest BCUT2D eigenvalue weighted by Gasteiger charge is 2.03. The molecule has 5 heteroatoms. The number of hydrazone groups is 1. The predicted molar refractivity (Wildman–Crippen MR) is 80.1 cm³/mol. The molecule has 2 rings (SSSR count). The van der Waals surface area contributed by atoms with Crippen LogP contribution < -0.4 is 5.43 Å². The highest BCUT2D eigenvalue weighted by Crippen LogP contribution is 2.15. The lowest BCUT2D eigenvalue weighted by molar-refractivity contribution is -0.384. The van der Waals surface area contributed by atoms with Gasteiger partial charge in [0.25, 0.3) is 5.69 Å². The van der Waals surface area contributed by atoms with Crippen molar-refractivity contribution in [2.24, 2.45) is 5.10 Å². The molecule has 0 bridgehead atoms. The Morgan fingerprint density at radius 3 is 2.50 bits per heavy atom. The third-order valence-corrected chi connectivity index (χ3v) is 2.87. The summed E-state index contributed by atoms with van der Waals surface area (Å²) in [6, 6.07) is 14.2. The quantitative estimate of drug-likeness (QED) is 0.522. The van der Waals surface area contributed by atoms with Crippen molar-refractivity contribution in [2.75, 3.05) is 5.43 Å². The summed E-state index contributed by atoms with van der Waals surface area (Å²) in [7, 11) is 0. The average molecular weight is 269 g/mol. The van der Waals surface area contributed by atoms with Gasteiger partial charge in [0, 0.05) is 12.1 Å². The molecule has 0 atom stereocenters. The summed E-state index contributed by atoms with van der Waals surface area (Å²) in [6.07, 6.45) is 0. The van der Waals surface area contributed by atoms with Crippen LogP contribution in [0.1, 0.15) is 18.1 Å². The Labute approximate surface area is 117 Å². The fraction of sp³-hybridized carbons (Fsp3) is 0.133. The van der Waals surface area contributed by atoms with Crippen molar-refractivity contribution in [1.29, 1.82) is 0 Å². The van der Waals surface area contributed by atoms with Gasteiger partial charge in [-0.2, -0.15) is 5.10 Å². The van der Waals surface area contributed by atoms with Crippen LogP contribution in [-0.2, 0) is 0 Å². The molecule has 20 heavy (non-hydrogen) atoms. The molecule has 2 aromatic rings. The number of benzene rings is 2. The van der Waals surface area contributed by atoms with Crippen LogP contribution >= 0.6 is 0 Å². The first-order valence-electron chi connectivity index (χ1n) is 6.18. The third kappa shape index (κ3) is 3.41. The lowest BCUT2D eigenvalue weighted by Crippen LogP contribution is -2.00. The summed E-state index contributed by atoms with van der Waals surface area (Å²) >= 11 is 0. The highest BCUT2D eigenvalue weighted by molar-refractivity contribution is 5.99. The minimum Gasteiger partial charge on any atom is -0.278 e. The first-order chi connectivity index (χ1) is 9.56. The monoisotopic (exact) mass is 269 g/mol. The molecule has 0 heterocycles. The van der Waals surface area contributed by atoms with Crippen molar-refractivity contribution in [2.45, 2.75) is 13.8 Å². The predicted octanol–water partition coefficient (Wildman–Crippen LogP) is 3.74. The van der Waals surface area contributed by atoms with Gasteiger partial charge in [-0.25, -0.2) is 0 Å². The molecular formula is C15H15N3O2. The van der Waals surface area contributed by atoms with Crippen molar-refractivity contribution < 1.29 is 4.92 Å². The number of hydrogen-bond donors (Lipinski definition) is 1. The van der Waals surface area contributed by atoms with E-state index in [9.17, 15) is 10.1 Å². The van der Waals surface area contributed by atoms with Crippen molar-refractivity contribution >= 4 is 17.1 Å². The van der Waals surface area contributed by atoms with E-state index in [4.69, 9.17) is 0 Å². The van der Waals surface area contributed by atoms with Gasteiger partial charge in [-0.3, -0.25) is 15.5 Å². The van der Waals surface area contributed by atoms with E-state index < -0.39 is 4.92 Å². The van der Waals surface area contributed by atoms with Crippen LogP contribution in [0.3, 0.4) is 0 Å². The van der Waals surface area contributed by atoms with Gasteiger partial charge in [-0.05, 0) is 31.5 Å². The Morgan fingerprint density at radius 2 is 1.90 bits per heavy atom. The van der Waals surface area contributed by atoms with Crippen molar-refractivity contribution in [3.05, 3.63) is 69.8 Å². The summed E-state index contributed by atoms with van der Waals surface area (Å²) in [4.78, 5) is 10.1. The van der Waals surface area contributed by atoms with E-state index >= 15 is 0 Å². The van der Waals surface area contributed by atoms with Crippen LogP contribution in [0, 0.1) is 17.0 Å². The van der Waals surface area contributed by atoms with Gasteiger partial charge in [0.05, 0.1) is 16.3 Å². The molecule has 0 amide bonds. The molecule has 0 aromatic heterocycles. The van der Waals surface area contributed by atoms with Crippen molar-refractivity contribution in [1.82, 2.24) is 0 Å². The molecule has 0 saturated carbocycles. The number of nitro benzene ring substituents is 1. The summed E-state index contributed by atoms with van der Waals surface area (Å²) < 4.78 is 0. The summed E-state index contributed by atoms with van der Waals surface area (Å²) in [6.45, 7) is 3.94. The molecule has 0 aliphatic heterocycles. The van der Waals surface area contributed by atoms with Gasteiger partial charge in [0.1, 0.15) is 0 Å². The number of non-ortho nitro benzene ring substituents is 1.